The van der Waals surface area contributed by atoms with Crippen molar-refractivity contribution < 1.29 is 0 Å². The predicted octanol–water partition coefficient (Wildman–Crippen LogP) is 2.20. The molecule has 1 aromatic rings. The predicted molar refractivity (Wildman–Crippen MR) is 70.5 cm³/mol. The van der Waals surface area contributed by atoms with Gasteiger partial charge in [-0.25, -0.2) is 4.98 Å². The summed E-state index contributed by atoms with van der Waals surface area (Å²) >= 11 is 1.69. The van der Waals surface area contributed by atoms with Crippen LogP contribution in [0.1, 0.15) is 32.7 Å². The molecule has 1 unspecified atom stereocenters. The fourth-order valence-electron chi connectivity index (χ4n) is 1.59. The number of hydrogen-bond acceptors (Lipinski definition) is 4. The molecule has 3 N–H and O–H groups in total. The number of aromatic nitrogens is 1. The molecule has 1 heterocycles. The lowest BCUT2D eigenvalue weighted by atomic mass is 9.94. The summed E-state index contributed by atoms with van der Waals surface area (Å²) in [6.07, 6.45) is 1.85. The zero-order valence-corrected chi connectivity index (χ0v) is 11.5. The Balaban J connectivity index is 2.54. The molecule has 1 rings (SSSR count). The maximum atomic E-state index is 5.77. The van der Waals surface area contributed by atoms with Crippen molar-refractivity contribution in [2.75, 3.05) is 13.1 Å². The second kappa shape index (κ2) is 5.75. The molecule has 92 valence electrons. The van der Waals surface area contributed by atoms with Crippen LogP contribution in [0, 0.1) is 11.8 Å². The summed E-state index contributed by atoms with van der Waals surface area (Å²) in [6, 6.07) is 0. The van der Waals surface area contributed by atoms with Gasteiger partial charge in [0.2, 0.25) is 0 Å². The van der Waals surface area contributed by atoms with Crippen molar-refractivity contribution in [1.82, 2.24) is 10.3 Å². The largest absolute Gasteiger partial charge is 0.330 e. The van der Waals surface area contributed by atoms with Gasteiger partial charge in [0, 0.05) is 18.1 Å². The molecular formula is C12H23N3S. The van der Waals surface area contributed by atoms with E-state index in [1.165, 1.54) is 0 Å². The van der Waals surface area contributed by atoms with E-state index in [1.54, 1.807) is 11.3 Å². The van der Waals surface area contributed by atoms with Crippen LogP contribution in [0.15, 0.2) is 11.6 Å². The molecule has 0 aliphatic carbocycles. The fourth-order valence-corrected chi connectivity index (χ4v) is 2.32. The van der Waals surface area contributed by atoms with Crippen molar-refractivity contribution in [2.45, 2.75) is 33.2 Å². The molecule has 0 fully saturated rings. The molecule has 0 aliphatic heterocycles. The number of nitrogens with zero attached hydrogens (tertiary/aromatic N) is 1. The Bertz CT molecular complexity index is 293. The molecule has 16 heavy (non-hydrogen) atoms. The van der Waals surface area contributed by atoms with Crippen molar-refractivity contribution in [3.8, 4) is 0 Å². The van der Waals surface area contributed by atoms with Crippen LogP contribution in [-0.2, 0) is 5.54 Å². The molecule has 0 bridgehead atoms. The first kappa shape index (κ1) is 13.6. The monoisotopic (exact) mass is 241 g/mol. The molecule has 0 saturated heterocycles. The van der Waals surface area contributed by atoms with Crippen LogP contribution < -0.4 is 11.1 Å². The van der Waals surface area contributed by atoms with Crippen molar-refractivity contribution in [2.24, 2.45) is 17.6 Å². The Morgan fingerprint density at radius 2 is 2.19 bits per heavy atom. The van der Waals surface area contributed by atoms with Gasteiger partial charge in [-0.1, -0.05) is 13.8 Å². The van der Waals surface area contributed by atoms with Gasteiger partial charge in [0.15, 0.2) is 0 Å². The van der Waals surface area contributed by atoms with Gasteiger partial charge in [0.25, 0.3) is 0 Å². The van der Waals surface area contributed by atoms with Gasteiger partial charge >= 0.3 is 0 Å². The van der Waals surface area contributed by atoms with E-state index in [2.05, 4.69) is 38.0 Å². The van der Waals surface area contributed by atoms with Gasteiger partial charge in [-0.3, -0.25) is 0 Å². The van der Waals surface area contributed by atoms with Crippen molar-refractivity contribution >= 4 is 11.3 Å². The van der Waals surface area contributed by atoms with Crippen LogP contribution in [0.5, 0.6) is 0 Å². The van der Waals surface area contributed by atoms with E-state index in [0.717, 1.165) is 18.1 Å². The lowest BCUT2D eigenvalue weighted by molar-refractivity contribution is 0.309. The molecule has 0 spiro atoms. The normalized spacial score (nSPS) is 14.4. The van der Waals surface area contributed by atoms with Gasteiger partial charge in [-0.05, 0) is 32.2 Å². The quantitative estimate of drug-likeness (QED) is 0.803. The maximum Gasteiger partial charge on any atom is 0.112 e. The second-order valence-corrected chi connectivity index (χ2v) is 5.98. The highest BCUT2D eigenvalue weighted by Gasteiger charge is 2.24. The minimum Gasteiger partial charge on any atom is -0.330 e. The van der Waals surface area contributed by atoms with Gasteiger partial charge in [0.05, 0.1) is 5.54 Å². The average Bonchev–Trinajstić information content (AvgIpc) is 2.71. The van der Waals surface area contributed by atoms with Crippen molar-refractivity contribution in [3.63, 3.8) is 0 Å². The molecule has 1 aromatic heterocycles. The number of hydrogen-bond donors (Lipinski definition) is 2. The van der Waals surface area contributed by atoms with E-state index in [9.17, 15) is 0 Å². The Kier molecular flexibility index (Phi) is 4.89. The Labute approximate surface area is 102 Å². The first-order chi connectivity index (χ1) is 7.47. The zero-order chi connectivity index (χ0) is 12.2. The Morgan fingerprint density at radius 3 is 2.62 bits per heavy atom. The number of nitrogens with two attached hydrogens (primary N) is 1. The standard InChI is InChI=1S/C12H23N3S/c1-9(2)10(7-13)8-15-12(3,4)11-14-5-6-16-11/h5-6,9-10,15H,7-8,13H2,1-4H3. The summed E-state index contributed by atoms with van der Waals surface area (Å²) in [5, 5.41) is 6.71. The molecule has 0 saturated carbocycles. The highest BCUT2D eigenvalue weighted by atomic mass is 32.1. The minimum absolute atomic E-state index is 0.0591. The van der Waals surface area contributed by atoms with Crippen LogP contribution >= 0.6 is 11.3 Å². The molecule has 0 aromatic carbocycles. The van der Waals surface area contributed by atoms with Gasteiger partial charge in [-0.15, -0.1) is 11.3 Å². The average molecular weight is 241 g/mol. The number of thiazole rings is 1. The Hall–Kier alpha value is -0.450. The summed E-state index contributed by atoms with van der Waals surface area (Å²) in [6.45, 7) is 10.4. The number of rotatable bonds is 6. The first-order valence-corrected chi connectivity index (χ1v) is 6.70. The van der Waals surface area contributed by atoms with Gasteiger partial charge < -0.3 is 11.1 Å². The van der Waals surface area contributed by atoms with E-state index in [1.807, 2.05) is 11.6 Å². The summed E-state index contributed by atoms with van der Waals surface area (Å²) in [5.74, 6) is 1.14. The third-order valence-electron chi connectivity index (χ3n) is 3.02. The lowest BCUT2D eigenvalue weighted by Crippen LogP contribution is -2.42. The molecule has 0 radical (unpaired) electrons. The van der Waals surface area contributed by atoms with Crippen LogP contribution in [0.3, 0.4) is 0 Å². The molecular weight excluding hydrogens is 218 g/mol. The molecule has 4 heteroatoms. The van der Waals surface area contributed by atoms with Crippen molar-refractivity contribution in [1.29, 1.82) is 0 Å². The summed E-state index contributed by atoms with van der Waals surface area (Å²) in [7, 11) is 0. The summed E-state index contributed by atoms with van der Waals surface area (Å²) in [4.78, 5) is 4.36. The molecule has 3 nitrogen and oxygen atoms in total. The Morgan fingerprint density at radius 1 is 1.50 bits per heavy atom. The molecule has 0 aliphatic rings. The SMILES string of the molecule is CC(C)C(CN)CNC(C)(C)c1nccs1. The van der Waals surface area contributed by atoms with Crippen molar-refractivity contribution in [3.05, 3.63) is 16.6 Å². The highest BCUT2D eigenvalue weighted by molar-refractivity contribution is 7.09. The number of nitrogens with one attached hydrogen (secondary N) is 1. The summed E-state index contributed by atoms with van der Waals surface area (Å²) < 4.78 is 0. The molecule has 1 atom stereocenters. The maximum absolute atomic E-state index is 5.77. The third-order valence-corrected chi connectivity index (χ3v) is 4.12. The van der Waals surface area contributed by atoms with E-state index in [4.69, 9.17) is 5.73 Å². The second-order valence-electron chi connectivity index (χ2n) is 5.08. The van der Waals surface area contributed by atoms with Crippen LogP contribution in [0.25, 0.3) is 0 Å². The minimum atomic E-state index is -0.0591. The smallest absolute Gasteiger partial charge is 0.112 e. The van der Waals surface area contributed by atoms with E-state index in [-0.39, 0.29) is 5.54 Å². The van der Waals surface area contributed by atoms with E-state index >= 15 is 0 Å². The van der Waals surface area contributed by atoms with Crippen LogP contribution in [0.2, 0.25) is 0 Å². The van der Waals surface area contributed by atoms with Gasteiger partial charge in [-0.2, -0.15) is 0 Å². The first-order valence-electron chi connectivity index (χ1n) is 5.82. The fraction of sp³-hybridized carbons (Fsp3) is 0.750. The highest BCUT2D eigenvalue weighted by Crippen LogP contribution is 2.22. The van der Waals surface area contributed by atoms with Crippen LogP contribution in [0.4, 0.5) is 0 Å². The lowest BCUT2D eigenvalue weighted by Gasteiger charge is -2.28. The van der Waals surface area contributed by atoms with E-state index in [0.29, 0.717) is 11.8 Å². The van der Waals surface area contributed by atoms with E-state index < -0.39 is 0 Å². The van der Waals surface area contributed by atoms with Gasteiger partial charge in [0.1, 0.15) is 5.01 Å². The topological polar surface area (TPSA) is 50.9 Å². The zero-order valence-electron chi connectivity index (χ0n) is 10.7. The summed E-state index contributed by atoms with van der Waals surface area (Å²) in [5.41, 5.74) is 5.71. The molecule has 0 amide bonds. The van der Waals surface area contributed by atoms with Crippen LogP contribution in [-0.4, -0.2) is 18.1 Å². The third kappa shape index (κ3) is 3.54.